The van der Waals surface area contributed by atoms with Crippen molar-refractivity contribution < 1.29 is 0 Å². The van der Waals surface area contributed by atoms with E-state index in [2.05, 4.69) is 66.5 Å². The van der Waals surface area contributed by atoms with Crippen LogP contribution >= 0.6 is 11.8 Å². The monoisotopic (exact) mass is 330 g/mol. The van der Waals surface area contributed by atoms with Crippen LogP contribution in [-0.2, 0) is 6.42 Å². The summed E-state index contributed by atoms with van der Waals surface area (Å²) in [7, 11) is 0. The Hall–Kier alpha value is -2.39. The summed E-state index contributed by atoms with van der Waals surface area (Å²) in [6.45, 7) is 2.19. The highest BCUT2D eigenvalue weighted by Crippen LogP contribution is 2.26. The normalized spacial score (nSPS) is 11.2. The van der Waals surface area contributed by atoms with Crippen molar-refractivity contribution in [3.05, 3.63) is 78.1 Å². The van der Waals surface area contributed by atoms with E-state index in [-0.39, 0.29) is 0 Å². The Morgan fingerprint density at radius 2 is 1.62 bits per heavy atom. The Bertz CT molecular complexity index is 1010. The first-order valence-electron chi connectivity index (χ1n) is 8.19. The molecule has 24 heavy (non-hydrogen) atoms. The first-order chi connectivity index (χ1) is 11.8. The summed E-state index contributed by atoms with van der Waals surface area (Å²) in [5, 5.41) is 2.28. The van der Waals surface area contributed by atoms with Gasteiger partial charge in [-0.15, -0.1) is 11.8 Å². The SMILES string of the molecule is CCSc1ccccc1Cc1ccc2ccc3cccnc3c2n1. The number of nitrogens with zero attached hydrogens (tertiary/aromatic N) is 2. The minimum Gasteiger partial charge on any atom is -0.254 e. The van der Waals surface area contributed by atoms with Crippen molar-refractivity contribution in [2.45, 2.75) is 18.2 Å². The Kier molecular flexibility index (Phi) is 4.18. The summed E-state index contributed by atoms with van der Waals surface area (Å²) in [6, 6.07) is 21.2. The summed E-state index contributed by atoms with van der Waals surface area (Å²) in [4.78, 5) is 10.8. The number of benzene rings is 2. The molecule has 0 saturated carbocycles. The van der Waals surface area contributed by atoms with Crippen LogP contribution in [0.25, 0.3) is 21.8 Å². The summed E-state index contributed by atoms with van der Waals surface area (Å²) in [6.07, 6.45) is 2.69. The molecule has 2 heterocycles. The van der Waals surface area contributed by atoms with Gasteiger partial charge in [0.25, 0.3) is 0 Å². The van der Waals surface area contributed by atoms with Gasteiger partial charge in [0.2, 0.25) is 0 Å². The zero-order valence-corrected chi connectivity index (χ0v) is 14.4. The second-order valence-corrected chi connectivity index (χ2v) is 7.04. The lowest BCUT2D eigenvalue weighted by Gasteiger charge is -2.09. The fraction of sp³-hybridized carbons (Fsp3) is 0.143. The van der Waals surface area contributed by atoms with Gasteiger partial charge in [0, 0.05) is 34.0 Å². The molecule has 2 aromatic heterocycles. The average molecular weight is 330 g/mol. The van der Waals surface area contributed by atoms with E-state index in [9.17, 15) is 0 Å². The van der Waals surface area contributed by atoms with Gasteiger partial charge in [-0.05, 0) is 29.5 Å². The number of aromatic nitrogens is 2. The molecular weight excluding hydrogens is 312 g/mol. The second kappa shape index (κ2) is 6.62. The van der Waals surface area contributed by atoms with Crippen molar-refractivity contribution in [1.29, 1.82) is 0 Å². The molecular formula is C21H18N2S. The van der Waals surface area contributed by atoms with Crippen LogP contribution in [0.1, 0.15) is 18.2 Å². The predicted octanol–water partition coefficient (Wildman–Crippen LogP) is 5.49. The van der Waals surface area contributed by atoms with Crippen LogP contribution in [0.4, 0.5) is 0 Å². The molecule has 0 radical (unpaired) electrons. The molecule has 0 spiro atoms. The highest BCUT2D eigenvalue weighted by molar-refractivity contribution is 7.99. The van der Waals surface area contributed by atoms with E-state index >= 15 is 0 Å². The number of fused-ring (bicyclic) bond motifs is 3. The van der Waals surface area contributed by atoms with Crippen LogP contribution < -0.4 is 0 Å². The van der Waals surface area contributed by atoms with Crippen molar-refractivity contribution in [3.8, 4) is 0 Å². The van der Waals surface area contributed by atoms with Crippen molar-refractivity contribution in [3.63, 3.8) is 0 Å². The lowest BCUT2D eigenvalue weighted by atomic mass is 10.1. The minimum atomic E-state index is 0.850. The van der Waals surface area contributed by atoms with Gasteiger partial charge in [-0.3, -0.25) is 9.97 Å². The molecule has 0 aliphatic rings. The number of hydrogen-bond donors (Lipinski definition) is 0. The van der Waals surface area contributed by atoms with E-state index in [0.717, 1.165) is 39.7 Å². The minimum absolute atomic E-state index is 0.850. The molecule has 0 amide bonds. The third-order valence-corrected chi connectivity index (χ3v) is 5.13. The molecule has 118 valence electrons. The molecule has 3 heteroatoms. The number of thioether (sulfide) groups is 1. The molecule has 0 N–H and O–H groups in total. The molecule has 0 aliphatic carbocycles. The lowest BCUT2D eigenvalue weighted by Crippen LogP contribution is -1.95. The molecule has 0 unspecified atom stereocenters. The quantitative estimate of drug-likeness (QED) is 0.366. The largest absolute Gasteiger partial charge is 0.254 e. The van der Waals surface area contributed by atoms with E-state index in [1.807, 2.05) is 24.0 Å². The highest BCUT2D eigenvalue weighted by atomic mass is 32.2. The Morgan fingerprint density at radius 1 is 0.833 bits per heavy atom. The summed E-state index contributed by atoms with van der Waals surface area (Å²) >= 11 is 1.89. The van der Waals surface area contributed by atoms with E-state index in [0.29, 0.717) is 0 Å². The number of hydrogen-bond acceptors (Lipinski definition) is 3. The summed E-state index contributed by atoms with van der Waals surface area (Å²) in [5.74, 6) is 1.08. The average Bonchev–Trinajstić information content (AvgIpc) is 2.63. The van der Waals surface area contributed by atoms with Crippen LogP contribution in [-0.4, -0.2) is 15.7 Å². The number of rotatable bonds is 4. The van der Waals surface area contributed by atoms with Crippen LogP contribution in [0.5, 0.6) is 0 Å². The molecule has 2 aromatic carbocycles. The molecule has 0 fully saturated rings. The Balaban J connectivity index is 1.79. The summed E-state index contributed by atoms with van der Waals surface area (Å²) in [5.41, 5.74) is 4.40. The van der Waals surface area contributed by atoms with E-state index in [1.54, 1.807) is 0 Å². The van der Waals surface area contributed by atoms with Crippen LogP contribution in [0.3, 0.4) is 0 Å². The predicted molar refractivity (Wildman–Crippen MR) is 103 cm³/mol. The van der Waals surface area contributed by atoms with Gasteiger partial charge in [0.05, 0.1) is 11.0 Å². The smallest absolute Gasteiger partial charge is 0.0967 e. The lowest BCUT2D eigenvalue weighted by molar-refractivity contribution is 1.06. The maximum absolute atomic E-state index is 4.93. The third kappa shape index (κ3) is 2.87. The van der Waals surface area contributed by atoms with Gasteiger partial charge in [-0.25, -0.2) is 0 Å². The molecule has 0 bridgehead atoms. The standard InChI is InChI=1S/C21H18N2S/c1-2-24-19-8-4-3-6-17(19)14-18-12-11-16-10-9-15-7-5-13-22-20(15)21(16)23-18/h3-13H,2,14H2,1H3. The first-order valence-corrected chi connectivity index (χ1v) is 9.18. The van der Waals surface area contributed by atoms with Gasteiger partial charge >= 0.3 is 0 Å². The molecule has 0 saturated heterocycles. The topological polar surface area (TPSA) is 25.8 Å². The van der Waals surface area contributed by atoms with Gasteiger partial charge < -0.3 is 0 Å². The Morgan fingerprint density at radius 3 is 2.50 bits per heavy atom. The Labute approximate surface area is 146 Å². The van der Waals surface area contributed by atoms with Crippen LogP contribution in [0, 0.1) is 0 Å². The molecule has 4 rings (SSSR count). The highest BCUT2D eigenvalue weighted by Gasteiger charge is 2.07. The van der Waals surface area contributed by atoms with Crippen LogP contribution in [0.2, 0.25) is 0 Å². The fourth-order valence-electron chi connectivity index (χ4n) is 3.00. The maximum Gasteiger partial charge on any atom is 0.0967 e. The van der Waals surface area contributed by atoms with Crippen molar-refractivity contribution in [1.82, 2.24) is 9.97 Å². The van der Waals surface area contributed by atoms with Gasteiger partial charge in [0.1, 0.15) is 0 Å². The zero-order chi connectivity index (χ0) is 16.4. The summed E-state index contributed by atoms with van der Waals surface area (Å²) < 4.78 is 0. The van der Waals surface area contributed by atoms with Gasteiger partial charge in [-0.1, -0.05) is 49.4 Å². The van der Waals surface area contributed by atoms with Crippen LogP contribution in [0.15, 0.2) is 71.8 Å². The van der Waals surface area contributed by atoms with Crippen molar-refractivity contribution in [2.75, 3.05) is 5.75 Å². The molecule has 2 nitrogen and oxygen atoms in total. The van der Waals surface area contributed by atoms with Gasteiger partial charge in [-0.2, -0.15) is 0 Å². The van der Waals surface area contributed by atoms with E-state index in [4.69, 9.17) is 4.98 Å². The molecule has 0 atom stereocenters. The van der Waals surface area contributed by atoms with E-state index < -0.39 is 0 Å². The van der Waals surface area contributed by atoms with Crippen molar-refractivity contribution in [2.24, 2.45) is 0 Å². The van der Waals surface area contributed by atoms with E-state index in [1.165, 1.54) is 10.5 Å². The van der Waals surface area contributed by atoms with Gasteiger partial charge in [0.15, 0.2) is 0 Å². The third-order valence-electron chi connectivity index (χ3n) is 4.13. The maximum atomic E-state index is 4.93. The molecule has 0 aliphatic heterocycles. The van der Waals surface area contributed by atoms with Crippen molar-refractivity contribution >= 4 is 33.6 Å². The first kappa shape index (κ1) is 15.2. The fourth-order valence-corrected chi connectivity index (χ4v) is 3.82. The second-order valence-electron chi connectivity index (χ2n) is 5.73. The number of pyridine rings is 2. The molecule has 4 aromatic rings. The zero-order valence-electron chi connectivity index (χ0n) is 13.6.